The fraction of sp³-hybridized carbons (Fsp3) is 0.250. The van der Waals surface area contributed by atoms with Gasteiger partial charge in [0.2, 0.25) is 0 Å². The molecule has 13 heteroatoms. The standard InChI is InChI=1S/C24H19F3N2O7S/c1-34-18-7-12(8-19-20(30)28-23(37-19)29-10-14(11-29)21(31)32)3-5-17(18)36-16-6-4-13(22(33)35-2)9-15(16)24(25,26)27/h3-9,14H,10-11H2,1-2H3,(H,31,32)/b19-8+. The monoisotopic (exact) mass is 536 g/mol. The van der Waals surface area contributed by atoms with E-state index in [2.05, 4.69) is 9.73 Å². The molecule has 0 saturated carbocycles. The van der Waals surface area contributed by atoms with Crippen LogP contribution in [-0.4, -0.2) is 60.3 Å². The van der Waals surface area contributed by atoms with Crippen LogP contribution in [0.4, 0.5) is 13.2 Å². The van der Waals surface area contributed by atoms with E-state index in [1.807, 2.05) is 0 Å². The van der Waals surface area contributed by atoms with E-state index in [9.17, 15) is 27.6 Å². The summed E-state index contributed by atoms with van der Waals surface area (Å²) < 4.78 is 56.2. The highest BCUT2D eigenvalue weighted by Crippen LogP contribution is 2.41. The first-order valence-electron chi connectivity index (χ1n) is 10.7. The molecule has 1 N–H and O–H groups in total. The second-order valence-electron chi connectivity index (χ2n) is 7.96. The van der Waals surface area contributed by atoms with Crippen molar-refractivity contribution in [2.45, 2.75) is 6.18 Å². The van der Waals surface area contributed by atoms with Gasteiger partial charge in [-0.15, -0.1) is 0 Å². The number of carbonyl (C=O) groups is 3. The SMILES string of the molecule is COC(=O)c1ccc(Oc2ccc(/C=C3/SC(N4CC(C(=O)O)C4)=NC3=O)cc2OC)c(C(F)(F)F)c1. The highest BCUT2D eigenvalue weighted by atomic mass is 32.2. The Morgan fingerprint density at radius 3 is 2.43 bits per heavy atom. The van der Waals surface area contributed by atoms with Crippen molar-refractivity contribution in [2.75, 3.05) is 27.3 Å². The van der Waals surface area contributed by atoms with Crippen molar-refractivity contribution in [1.82, 2.24) is 4.90 Å². The van der Waals surface area contributed by atoms with Crippen molar-refractivity contribution in [3.63, 3.8) is 0 Å². The minimum atomic E-state index is -4.81. The molecule has 4 rings (SSSR count). The number of halogens is 3. The number of amidine groups is 1. The summed E-state index contributed by atoms with van der Waals surface area (Å²) in [4.78, 5) is 40.9. The molecule has 194 valence electrons. The molecule has 0 unspecified atom stereocenters. The average Bonchev–Trinajstić information content (AvgIpc) is 3.16. The van der Waals surface area contributed by atoms with Crippen molar-refractivity contribution in [1.29, 1.82) is 0 Å². The smallest absolute Gasteiger partial charge is 0.420 e. The lowest BCUT2D eigenvalue weighted by Gasteiger charge is -2.37. The predicted octanol–water partition coefficient (Wildman–Crippen LogP) is 4.28. The number of rotatable bonds is 6. The number of esters is 1. The van der Waals surface area contributed by atoms with Gasteiger partial charge in [-0.25, -0.2) is 4.79 Å². The molecule has 2 heterocycles. The number of aliphatic imine (C=N–C) groups is 1. The number of aliphatic carboxylic acids is 1. The summed E-state index contributed by atoms with van der Waals surface area (Å²) in [6.07, 6.45) is -3.27. The van der Waals surface area contributed by atoms with Gasteiger partial charge in [0.25, 0.3) is 5.91 Å². The number of hydrogen-bond donors (Lipinski definition) is 1. The fourth-order valence-electron chi connectivity index (χ4n) is 3.54. The summed E-state index contributed by atoms with van der Waals surface area (Å²) in [5, 5.41) is 9.42. The molecule has 0 bridgehead atoms. The number of nitrogens with zero attached hydrogens (tertiary/aromatic N) is 2. The molecule has 37 heavy (non-hydrogen) atoms. The maximum Gasteiger partial charge on any atom is 0.420 e. The van der Waals surface area contributed by atoms with Crippen LogP contribution in [0.5, 0.6) is 17.2 Å². The summed E-state index contributed by atoms with van der Waals surface area (Å²) >= 11 is 1.10. The molecular weight excluding hydrogens is 517 g/mol. The third-order valence-corrected chi connectivity index (χ3v) is 6.57. The lowest BCUT2D eigenvalue weighted by atomic mass is 10.0. The second kappa shape index (κ2) is 10.2. The van der Waals surface area contributed by atoms with Gasteiger partial charge in [0.1, 0.15) is 5.75 Å². The lowest BCUT2D eigenvalue weighted by molar-refractivity contribution is -0.145. The number of carbonyl (C=O) groups excluding carboxylic acids is 2. The van der Waals surface area contributed by atoms with Crippen molar-refractivity contribution in [2.24, 2.45) is 10.9 Å². The van der Waals surface area contributed by atoms with Crippen molar-refractivity contribution in [3.8, 4) is 17.2 Å². The average molecular weight is 536 g/mol. The first-order chi connectivity index (χ1) is 17.5. The highest BCUT2D eigenvalue weighted by Gasteiger charge is 2.38. The molecule has 0 aliphatic carbocycles. The number of benzene rings is 2. The highest BCUT2D eigenvalue weighted by molar-refractivity contribution is 8.18. The molecule has 1 amide bonds. The van der Waals surface area contributed by atoms with Crippen LogP contribution in [0.25, 0.3) is 6.08 Å². The number of alkyl halides is 3. The molecule has 2 aliphatic heterocycles. The van der Waals surface area contributed by atoms with E-state index in [-0.39, 0.29) is 30.2 Å². The van der Waals surface area contributed by atoms with Crippen LogP contribution < -0.4 is 9.47 Å². The number of carboxylic acid groups (broad SMARTS) is 1. The Kier molecular flexibility index (Phi) is 7.16. The quantitative estimate of drug-likeness (QED) is 0.427. The van der Waals surface area contributed by atoms with E-state index in [4.69, 9.17) is 14.6 Å². The molecule has 1 saturated heterocycles. The van der Waals surface area contributed by atoms with Crippen LogP contribution in [0.2, 0.25) is 0 Å². The molecule has 9 nitrogen and oxygen atoms in total. The zero-order valence-electron chi connectivity index (χ0n) is 19.4. The van der Waals surface area contributed by atoms with Gasteiger partial charge in [0, 0.05) is 13.1 Å². The number of thioether (sulfide) groups is 1. The Bertz CT molecular complexity index is 1330. The zero-order valence-corrected chi connectivity index (χ0v) is 20.2. The molecule has 1 fully saturated rings. The van der Waals surface area contributed by atoms with Crippen LogP contribution in [0.15, 0.2) is 46.3 Å². The van der Waals surface area contributed by atoms with E-state index >= 15 is 0 Å². The molecule has 0 spiro atoms. The lowest BCUT2D eigenvalue weighted by Crippen LogP contribution is -2.51. The Morgan fingerprint density at radius 1 is 1.11 bits per heavy atom. The van der Waals surface area contributed by atoms with Crippen LogP contribution >= 0.6 is 11.8 Å². The van der Waals surface area contributed by atoms with E-state index in [0.717, 1.165) is 31.0 Å². The largest absolute Gasteiger partial charge is 0.493 e. The molecule has 0 radical (unpaired) electrons. The van der Waals surface area contributed by atoms with Gasteiger partial charge in [-0.05, 0) is 53.7 Å². The Labute approximate surface area is 212 Å². The molecule has 2 aromatic rings. The summed E-state index contributed by atoms with van der Waals surface area (Å²) in [5.74, 6) is -3.28. The van der Waals surface area contributed by atoms with Gasteiger partial charge in [0.05, 0.1) is 36.2 Å². The van der Waals surface area contributed by atoms with Crippen LogP contribution in [0, 0.1) is 5.92 Å². The van der Waals surface area contributed by atoms with Crippen LogP contribution in [0.1, 0.15) is 21.5 Å². The Balaban J connectivity index is 1.54. The third kappa shape index (κ3) is 5.56. The minimum absolute atomic E-state index is 0.0244. The molecule has 2 aromatic carbocycles. The molecule has 0 aromatic heterocycles. The van der Waals surface area contributed by atoms with Gasteiger partial charge >= 0.3 is 18.1 Å². The summed E-state index contributed by atoms with van der Waals surface area (Å²) in [7, 11) is 2.37. The summed E-state index contributed by atoms with van der Waals surface area (Å²) in [6.45, 7) is 0.532. The number of amides is 1. The topological polar surface area (TPSA) is 115 Å². The van der Waals surface area contributed by atoms with Crippen LogP contribution in [0.3, 0.4) is 0 Å². The zero-order chi connectivity index (χ0) is 26.9. The van der Waals surface area contributed by atoms with Gasteiger partial charge < -0.3 is 24.2 Å². The Hall–Kier alpha value is -4.00. The third-order valence-electron chi connectivity index (χ3n) is 5.52. The van der Waals surface area contributed by atoms with E-state index < -0.39 is 41.3 Å². The normalized spacial score (nSPS) is 16.9. The van der Waals surface area contributed by atoms with Gasteiger partial charge in [-0.2, -0.15) is 18.2 Å². The first kappa shape index (κ1) is 26.1. The maximum atomic E-state index is 13.6. The van der Waals surface area contributed by atoms with Crippen LogP contribution in [-0.2, 0) is 20.5 Å². The first-order valence-corrected chi connectivity index (χ1v) is 11.5. The maximum absolute atomic E-state index is 13.6. The van der Waals surface area contributed by atoms with E-state index in [1.165, 1.54) is 31.4 Å². The van der Waals surface area contributed by atoms with Gasteiger partial charge in [-0.1, -0.05) is 6.07 Å². The molecule has 2 aliphatic rings. The molecular formula is C24H19F3N2O7S. The Morgan fingerprint density at radius 2 is 1.81 bits per heavy atom. The van der Waals surface area contributed by atoms with Gasteiger partial charge in [0.15, 0.2) is 16.7 Å². The van der Waals surface area contributed by atoms with Crippen molar-refractivity contribution < 1.29 is 46.9 Å². The molecule has 0 atom stereocenters. The van der Waals surface area contributed by atoms with E-state index in [0.29, 0.717) is 21.7 Å². The number of likely N-dealkylation sites (tertiary alicyclic amines) is 1. The number of carboxylic acids is 1. The predicted molar refractivity (Wildman–Crippen MR) is 127 cm³/mol. The van der Waals surface area contributed by atoms with Gasteiger partial charge in [-0.3, -0.25) is 9.59 Å². The van der Waals surface area contributed by atoms with Crippen molar-refractivity contribution >= 4 is 40.9 Å². The van der Waals surface area contributed by atoms with Crippen molar-refractivity contribution in [3.05, 3.63) is 58.0 Å². The number of methoxy groups -OCH3 is 2. The number of hydrogen-bond acceptors (Lipinski definition) is 8. The summed E-state index contributed by atoms with van der Waals surface area (Å²) in [6, 6.07) is 7.20. The number of ether oxygens (including phenoxy) is 3. The second-order valence-corrected chi connectivity index (χ2v) is 8.97. The summed E-state index contributed by atoms with van der Waals surface area (Å²) in [5.41, 5.74) is -0.953. The van der Waals surface area contributed by atoms with E-state index in [1.54, 1.807) is 4.90 Å². The fourth-order valence-corrected chi connectivity index (χ4v) is 4.47. The minimum Gasteiger partial charge on any atom is -0.493 e.